The predicted molar refractivity (Wildman–Crippen MR) is 102 cm³/mol. The van der Waals surface area contributed by atoms with Gasteiger partial charge in [0.1, 0.15) is 16.8 Å². The number of hydrogen-bond acceptors (Lipinski definition) is 4. The number of carbonyl (C=O) groups excluding carboxylic acids is 1. The molecule has 7 nitrogen and oxygen atoms in total. The molecule has 8 heteroatoms. The highest BCUT2D eigenvalue weighted by Crippen LogP contribution is 2.24. The Morgan fingerprint density at radius 1 is 1.37 bits per heavy atom. The van der Waals surface area contributed by atoms with Crippen LogP contribution in [-0.4, -0.2) is 26.8 Å². The summed E-state index contributed by atoms with van der Waals surface area (Å²) in [6, 6.07) is 7.50. The molecular formula is C19H19ClN4O3. The maximum atomic E-state index is 12.4. The number of amides is 1. The molecule has 1 aromatic carbocycles. The maximum absolute atomic E-state index is 12.4. The summed E-state index contributed by atoms with van der Waals surface area (Å²) in [5, 5.41) is 25.5. The molecule has 0 bridgehead atoms. The third kappa shape index (κ3) is 4.96. The monoisotopic (exact) mass is 386 g/mol. The van der Waals surface area contributed by atoms with E-state index in [1.54, 1.807) is 11.6 Å². The number of hydrogen-bond donors (Lipinski definition) is 2. The van der Waals surface area contributed by atoms with Crippen molar-refractivity contribution in [1.82, 2.24) is 9.78 Å². The van der Waals surface area contributed by atoms with Crippen LogP contribution in [0, 0.1) is 24.2 Å². The van der Waals surface area contributed by atoms with Crippen LogP contribution >= 0.6 is 11.6 Å². The van der Waals surface area contributed by atoms with Crippen molar-refractivity contribution in [2.75, 3.05) is 5.32 Å². The zero-order valence-electron chi connectivity index (χ0n) is 15.2. The number of nitriles is 1. The molecule has 27 heavy (non-hydrogen) atoms. The SMILES string of the molecule is Cc1nn(CC(C)C)c(Cl)c1/C=C(\C#N)C(=O)Nc1ccc(C(=O)O)cc1. The lowest BCUT2D eigenvalue weighted by Gasteiger charge is -2.06. The highest BCUT2D eigenvalue weighted by atomic mass is 35.5. The molecule has 0 saturated heterocycles. The van der Waals surface area contributed by atoms with Crippen LogP contribution in [0.25, 0.3) is 6.08 Å². The highest BCUT2D eigenvalue weighted by molar-refractivity contribution is 6.31. The van der Waals surface area contributed by atoms with Gasteiger partial charge in [-0.15, -0.1) is 0 Å². The van der Waals surface area contributed by atoms with E-state index in [0.717, 1.165) is 0 Å². The van der Waals surface area contributed by atoms with Gasteiger partial charge in [0.05, 0.1) is 11.3 Å². The van der Waals surface area contributed by atoms with Gasteiger partial charge in [0, 0.05) is 17.8 Å². The van der Waals surface area contributed by atoms with Crippen LogP contribution in [0.5, 0.6) is 0 Å². The summed E-state index contributed by atoms with van der Waals surface area (Å²) < 4.78 is 1.64. The van der Waals surface area contributed by atoms with Gasteiger partial charge in [-0.3, -0.25) is 9.48 Å². The van der Waals surface area contributed by atoms with Crippen molar-refractivity contribution in [1.29, 1.82) is 5.26 Å². The molecule has 0 radical (unpaired) electrons. The van der Waals surface area contributed by atoms with E-state index in [1.165, 1.54) is 30.3 Å². The van der Waals surface area contributed by atoms with Crippen LogP contribution in [-0.2, 0) is 11.3 Å². The fourth-order valence-electron chi connectivity index (χ4n) is 2.39. The summed E-state index contributed by atoms with van der Waals surface area (Å²) in [6.07, 6.45) is 1.41. The number of aromatic carboxylic acids is 1. The second-order valence-corrected chi connectivity index (χ2v) is 6.73. The third-order valence-corrected chi connectivity index (χ3v) is 4.09. The van der Waals surface area contributed by atoms with E-state index in [-0.39, 0.29) is 11.1 Å². The number of carboxylic acids is 1. The molecule has 0 spiro atoms. The van der Waals surface area contributed by atoms with Gasteiger partial charge in [0.25, 0.3) is 5.91 Å². The Kier molecular flexibility index (Phi) is 6.37. The number of anilines is 1. The molecule has 2 aromatic rings. The Morgan fingerprint density at radius 2 is 2.00 bits per heavy atom. The molecular weight excluding hydrogens is 368 g/mol. The molecule has 2 N–H and O–H groups in total. The minimum Gasteiger partial charge on any atom is -0.478 e. The van der Waals surface area contributed by atoms with Crippen LogP contribution in [0.3, 0.4) is 0 Å². The molecule has 0 aliphatic carbocycles. The largest absolute Gasteiger partial charge is 0.478 e. The van der Waals surface area contributed by atoms with Gasteiger partial charge in [0.2, 0.25) is 0 Å². The number of halogens is 1. The van der Waals surface area contributed by atoms with E-state index in [9.17, 15) is 14.9 Å². The van der Waals surface area contributed by atoms with Crippen molar-refractivity contribution in [2.45, 2.75) is 27.3 Å². The van der Waals surface area contributed by atoms with Gasteiger partial charge < -0.3 is 10.4 Å². The zero-order chi connectivity index (χ0) is 20.1. The van der Waals surface area contributed by atoms with Crippen molar-refractivity contribution in [3.63, 3.8) is 0 Å². The quantitative estimate of drug-likeness (QED) is 0.580. The van der Waals surface area contributed by atoms with Crippen molar-refractivity contribution >= 4 is 35.2 Å². The second-order valence-electron chi connectivity index (χ2n) is 6.37. The van der Waals surface area contributed by atoms with Crippen molar-refractivity contribution in [2.24, 2.45) is 5.92 Å². The van der Waals surface area contributed by atoms with E-state index < -0.39 is 11.9 Å². The predicted octanol–water partition coefficient (Wildman–Crippen LogP) is 3.74. The smallest absolute Gasteiger partial charge is 0.335 e. The van der Waals surface area contributed by atoms with E-state index in [4.69, 9.17) is 16.7 Å². The third-order valence-electron chi connectivity index (χ3n) is 3.69. The second kappa shape index (κ2) is 8.52. The minimum atomic E-state index is -1.06. The summed E-state index contributed by atoms with van der Waals surface area (Å²) in [5.74, 6) is -1.34. The average Bonchev–Trinajstić information content (AvgIpc) is 2.86. The molecule has 1 aromatic heterocycles. The van der Waals surface area contributed by atoms with Crippen molar-refractivity contribution < 1.29 is 14.7 Å². The summed E-state index contributed by atoms with van der Waals surface area (Å²) in [6.45, 7) is 6.45. The van der Waals surface area contributed by atoms with E-state index in [2.05, 4.69) is 10.4 Å². The number of rotatable bonds is 6. The molecule has 0 fully saturated rings. The Morgan fingerprint density at radius 3 is 2.52 bits per heavy atom. The van der Waals surface area contributed by atoms with Crippen LogP contribution in [0.1, 0.15) is 35.5 Å². The zero-order valence-corrected chi connectivity index (χ0v) is 15.9. The number of benzene rings is 1. The minimum absolute atomic E-state index is 0.101. The summed E-state index contributed by atoms with van der Waals surface area (Å²) in [5.41, 5.74) is 1.48. The number of nitrogens with one attached hydrogen (secondary N) is 1. The number of carbonyl (C=O) groups is 2. The first-order chi connectivity index (χ1) is 12.7. The van der Waals surface area contributed by atoms with Gasteiger partial charge in [0.15, 0.2) is 0 Å². The van der Waals surface area contributed by atoms with Gasteiger partial charge in [-0.2, -0.15) is 10.4 Å². The molecule has 140 valence electrons. The van der Waals surface area contributed by atoms with Crippen LogP contribution in [0.15, 0.2) is 29.8 Å². The van der Waals surface area contributed by atoms with E-state index >= 15 is 0 Å². The molecule has 1 amide bonds. The topological polar surface area (TPSA) is 108 Å². The molecule has 0 unspecified atom stereocenters. The molecule has 0 aliphatic heterocycles. The number of aromatic nitrogens is 2. The Balaban J connectivity index is 2.25. The lowest BCUT2D eigenvalue weighted by atomic mass is 10.1. The van der Waals surface area contributed by atoms with Gasteiger partial charge in [-0.05, 0) is 43.2 Å². The van der Waals surface area contributed by atoms with Crippen molar-refractivity contribution in [3.05, 3.63) is 51.8 Å². The Bertz CT molecular complexity index is 937. The fraction of sp³-hybridized carbons (Fsp3) is 0.263. The average molecular weight is 387 g/mol. The van der Waals surface area contributed by atoms with Gasteiger partial charge in [-0.25, -0.2) is 4.79 Å². The fourth-order valence-corrected chi connectivity index (χ4v) is 2.68. The van der Waals surface area contributed by atoms with Crippen LogP contribution < -0.4 is 5.32 Å². The first-order valence-corrected chi connectivity index (χ1v) is 8.60. The van der Waals surface area contributed by atoms with Crippen molar-refractivity contribution in [3.8, 4) is 6.07 Å². The first-order valence-electron chi connectivity index (χ1n) is 8.22. The maximum Gasteiger partial charge on any atom is 0.335 e. The molecule has 1 heterocycles. The molecule has 2 rings (SSSR count). The van der Waals surface area contributed by atoms with Gasteiger partial charge in [-0.1, -0.05) is 25.4 Å². The van der Waals surface area contributed by atoms with E-state index in [0.29, 0.717) is 34.6 Å². The molecule has 0 saturated carbocycles. The number of nitrogens with zero attached hydrogens (tertiary/aromatic N) is 3. The Labute approximate surface area is 161 Å². The van der Waals surface area contributed by atoms with E-state index in [1.807, 2.05) is 19.9 Å². The number of carboxylic acid groups (broad SMARTS) is 1. The molecule has 0 atom stereocenters. The molecule has 0 aliphatic rings. The van der Waals surface area contributed by atoms with Crippen LogP contribution in [0.4, 0.5) is 5.69 Å². The summed E-state index contributed by atoms with van der Waals surface area (Å²) in [4.78, 5) is 23.3. The summed E-state index contributed by atoms with van der Waals surface area (Å²) in [7, 11) is 0. The van der Waals surface area contributed by atoms with Gasteiger partial charge >= 0.3 is 5.97 Å². The standard InChI is InChI=1S/C19H19ClN4O3/c1-11(2)10-24-17(20)16(12(3)23-24)8-14(9-21)18(25)22-15-6-4-13(5-7-15)19(26)27/h4-8,11H,10H2,1-3H3,(H,22,25)(H,26,27)/b14-8+. The van der Waals surface area contributed by atoms with Crippen LogP contribution in [0.2, 0.25) is 5.15 Å². The lowest BCUT2D eigenvalue weighted by molar-refractivity contribution is -0.112. The first kappa shape index (κ1) is 20.2. The highest BCUT2D eigenvalue weighted by Gasteiger charge is 2.16. The normalized spacial score (nSPS) is 11.3. The summed E-state index contributed by atoms with van der Waals surface area (Å²) >= 11 is 6.35. The lowest BCUT2D eigenvalue weighted by Crippen LogP contribution is -2.13. The Hall–Kier alpha value is -3.11. The number of aryl methyl sites for hydroxylation is 1.